The number of rotatable bonds is 3. The molecule has 3 rings (SSSR count). The van der Waals surface area contributed by atoms with E-state index in [1.54, 1.807) is 49.6 Å². The number of methoxy groups -OCH3 is 1. The molecule has 0 bridgehead atoms. The molecule has 0 radical (unpaired) electrons. The number of benzene rings is 2. The number of aromatic carboxylic acids is 1. The lowest BCUT2D eigenvalue weighted by molar-refractivity contribution is 0.0699. The smallest absolute Gasteiger partial charge is 0.336 e. The highest BCUT2D eigenvalue weighted by Crippen LogP contribution is 2.28. The van der Waals surface area contributed by atoms with Crippen molar-refractivity contribution in [1.29, 1.82) is 0 Å². The second-order valence-corrected chi connectivity index (χ2v) is 5.19. The van der Waals surface area contributed by atoms with Crippen molar-refractivity contribution in [3.8, 4) is 17.0 Å². The first-order valence-electron chi connectivity index (χ1n) is 6.56. The molecule has 0 unspecified atom stereocenters. The Kier molecular flexibility index (Phi) is 3.69. The van der Waals surface area contributed by atoms with E-state index in [4.69, 9.17) is 16.3 Å². The maximum Gasteiger partial charge on any atom is 0.336 e. The monoisotopic (exact) mass is 313 g/mol. The first-order chi connectivity index (χ1) is 10.6. The van der Waals surface area contributed by atoms with Gasteiger partial charge in [-0.15, -0.1) is 0 Å². The Hall–Kier alpha value is -2.59. The van der Waals surface area contributed by atoms with Crippen LogP contribution in [0.25, 0.3) is 22.2 Å². The van der Waals surface area contributed by atoms with Crippen LogP contribution in [0, 0.1) is 0 Å². The fourth-order valence-corrected chi connectivity index (χ4v) is 2.50. The minimum absolute atomic E-state index is 0.197. The molecular formula is C17H12ClNO3. The molecule has 0 atom stereocenters. The van der Waals surface area contributed by atoms with Gasteiger partial charge in [0.05, 0.1) is 23.9 Å². The van der Waals surface area contributed by atoms with E-state index in [0.717, 1.165) is 5.56 Å². The number of fused-ring (bicyclic) bond motifs is 1. The third-order valence-corrected chi connectivity index (χ3v) is 3.60. The molecule has 0 fully saturated rings. The number of aromatic nitrogens is 1. The van der Waals surface area contributed by atoms with Gasteiger partial charge in [0, 0.05) is 22.0 Å². The van der Waals surface area contributed by atoms with E-state index in [1.807, 2.05) is 6.07 Å². The van der Waals surface area contributed by atoms with Crippen molar-refractivity contribution in [1.82, 2.24) is 4.98 Å². The second-order valence-electron chi connectivity index (χ2n) is 4.75. The van der Waals surface area contributed by atoms with Gasteiger partial charge in [-0.25, -0.2) is 9.78 Å². The van der Waals surface area contributed by atoms with E-state index in [2.05, 4.69) is 4.98 Å². The van der Waals surface area contributed by atoms with Crippen LogP contribution in [0.2, 0.25) is 5.02 Å². The third-order valence-electron chi connectivity index (χ3n) is 3.37. The maximum absolute atomic E-state index is 11.5. The van der Waals surface area contributed by atoms with Crippen LogP contribution in [0.3, 0.4) is 0 Å². The molecule has 1 heterocycles. The quantitative estimate of drug-likeness (QED) is 0.784. The number of carboxylic acids is 1. The van der Waals surface area contributed by atoms with Crippen LogP contribution < -0.4 is 4.74 Å². The van der Waals surface area contributed by atoms with Gasteiger partial charge in [0.1, 0.15) is 5.75 Å². The predicted molar refractivity (Wildman–Crippen MR) is 85.7 cm³/mol. The predicted octanol–water partition coefficient (Wildman–Crippen LogP) is 4.26. The van der Waals surface area contributed by atoms with Crippen LogP contribution >= 0.6 is 11.6 Å². The Balaban J connectivity index is 2.29. The molecule has 110 valence electrons. The lowest BCUT2D eigenvalue weighted by Gasteiger charge is -2.09. The molecule has 4 nitrogen and oxygen atoms in total. The first-order valence-corrected chi connectivity index (χ1v) is 6.94. The largest absolute Gasteiger partial charge is 0.497 e. The number of carbonyl (C=O) groups is 1. The van der Waals surface area contributed by atoms with E-state index in [0.29, 0.717) is 27.4 Å². The van der Waals surface area contributed by atoms with Crippen molar-refractivity contribution in [3.05, 3.63) is 59.1 Å². The van der Waals surface area contributed by atoms with E-state index in [-0.39, 0.29) is 5.56 Å². The van der Waals surface area contributed by atoms with Crippen molar-refractivity contribution in [2.24, 2.45) is 0 Å². The lowest BCUT2D eigenvalue weighted by Crippen LogP contribution is -2.00. The summed E-state index contributed by atoms with van der Waals surface area (Å²) in [5.41, 5.74) is 2.08. The zero-order valence-corrected chi connectivity index (χ0v) is 12.5. The van der Waals surface area contributed by atoms with Gasteiger partial charge in [-0.2, -0.15) is 0 Å². The third kappa shape index (κ3) is 2.61. The molecule has 3 aromatic rings. The molecule has 0 saturated heterocycles. The van der Waals surface area contributed by atoms with Crippen LogP contribution in [0.5, 0.6) is 5.75 Å². The van der Waals surface area contributed by atoms with Crippen molar-refractivity contribution in [3.63, 3.8) is 0 Å². The lowest BCUT2D eigenvalue weighted by atomic mass is 10.0. The second kappa shape index (κ2) is 5.66. The molecule has 1 aromatic heterocycles. The van der Waals surface area contributed by atoms with Gasteiger partial charge in [0.25, 0.3) is 0 Å². The topological polar surface area (TPSA) is 59.4 Å². The Morgan fingerprint density at radius 2 is 2.00 bits per heavy atom. The number of halogens is 1. The van der Waals surface area contributed by atoms with Crippen LogP contribution in [-0.2, 0) is 0 Å². The summed E-state index contributed by atoms with van der Waals surface area (Å²) < 4.78 is 5.18. The fourth-order valence-electron chi connectivity index (χ4n) is 2.31. The Morgan fingerprint density at radius 3 is 2.68 bits per heavy atom. The minimum atomic E-state index is -0.999. The molecule has 0 spiro atoms. The van der Waals surface area contributed by atoms with E-state index >= 15 is 0 Å². The average Bonchev–Trinajstić information content (AvgIpc) is 2.53. The van der Waals surface area contributed by atoms with Crippen LogP contribution in [-0.4, -0.2) is 23.2 Å². The highest BCUT2D eigenvalue weighted by molar-refractivity contribution is 6.30. The van der Waals surface area contributed by atoms with Crippen LogP contribution in [0.1, 0.15) is 10.4 Å². The van der Waals surface area contributed by atoms with Crippen LogP contribution in [0.15, 0.2) is 48.5 Å². The van der Waals surface area contributed by atoms with Gasteiger partial charge in [-0.3, -0.25) is 0 Å². The molecule has 2 aromatic carbocycles. The molecule has 0 aliphatic rings. The van der Waals surface area contributed by atoms with Crippen molar-refractivity contribution in [2.45, 2.75) is 0 Å². The van der Waals surface area contributed by atoms with Crippen molar-refractivity contribution >= 4 is 28.5 Å². The van der Waals surface area contributed by atoms with Gasteiger partial charge < -0.3 is 9.84 Å². The highest BCUT2D eigenvalue weighted by Gasteiger charge is 2.13. The van der Waals surface area contributed by atoms with Gasteiger partial charge in [-0.05, 0) is 30.3 Å². The molecule has 22 heavy (non-hydrogen) atoms. The minimum Gasteiger partial charge on any atom is -0.497 e. The summed E-state index contributed by atoms with van der Waals surface area (Å²) in [6.45, 7) is 0. The molecule has 0 amide bonds. The van der Waals surface area contributed by atoms with E-state index < -0.39 is 5.97 Å². The van der Waals surface area contributed by atoms with E-state index in [1.165, 1.54) is 0 Å². The Labute approximate surface area is 131 Å². The van der Waals surface area contributed by atoms with Crippen molar-refractivity contribution < 1.29 is 14.6 Å². The zero-order chi connectivity index (χ0) is 15.7. The van der Waals surface area contributed by atoms with Crippen molar-refractivity contribution in [2.75, 3.05) is 7.11 Å². The van der Waals surface area contributed by atoms with Gasteiger partial charge in [0.15, 0.2) is 0 Å². The Bertz CT molecular complexity index is 877. The number of hydrogen-bond donors (Lipinski definition) is 1. The summed E-state index contributed by atoms with van der Waals surface area (Å²) in [5.74, 6) is -0.375. The summed E-state index contributed by atoms with van der Waals surface area (Å²) in [6, 6.07) is 13.8. The van der Waals surface area contributed by atoms with Gasteiger partial charge >= 0.3 is 5.97 Å². The number of nitrogens with zero attached hydrogens (tertiary/aromatic N) is 1. The molecule has 1 N–H and O–H groups in total. The number of hydrogen-bond acceptors (Lipinski definition) is 3. The zero-order valence-electron chi connectivity index (χ0n) is 11.7. The van der Waals surface area contributed by atoms with Gasteiger partial charge in [-0.1, -0.05) is 23.7 Å². The summed E-state index contributed by atoms with van der Waals surface area (Å²) in [7, 11) is 1.56. The molecule has 0 saturated carbocycles. The maximum atomic E-state index is 11.5. The standard InChI is InChI=1S/C17H12ClNO3/c1-22-12-5-6-13-14(17(20)21)9-15(19-16(13)8-12)10-3-2-4-11(18)7-10/h2-9H,1H3,(H,20,21). The summed E-state index contributed by atoms with van der Waals surface area (Å²) in [5, 5.41) is 10.6. The Morgan fingerprint density at radius 1 is 1.18 bits per heavy atom. The fraction of sp³-hybridized carbons (Fsp3) is 0.0588. The molecule has 5 heteroatoms. The number of pyridine rings is 1. The van der Waals surface area contributed by atoms with E-state index in [9.17, 15) is 9.90 Å². The highest BCUT2D eigenvalue weighted by atomic mass is 35.5. The summed E-state index contributed by atoms with van der Waals surface area (Å²) in [6.07, 6.45) is 0. The van der Waals surface area contributed by atoms with Gasteiger partial charge in [0.2, 0.25) is 0 Å². The first kappa shape index (κ1) is 14.4. The number of carboxylic acid groups (broad SMARTS) is 1. The number of ether oxygens (including phenoxy) is 1. The molecule has 0 aliphatic carbocycles. The average molecular weight is 314 g/mol. The summed E-state index contributed by atoms with van der Waals surface area (Å²) >= 11 is 6.00. The summed E-state index contributed by atoms with van der Waals surface area (Å²) in [4.78, 5) is 16.1. The normalized spacial score (nSPS) is 10.6. The molecular weight excluding hydrogens is 302 g/mol. The van der Waals surface area contributed by atoms with Crippen LogP contribution in [0.4, 0.5) is 0 Å². The molecule has 0 aliphatic heterocycles. The SMILES string of the molecule is COc1ccc2c(C(=O)O)cc(-c3cccc(Cl)c3)nc2c1.